The van der Waals surface area contributed by atoms with Crippen LogP contribution in [-0.2, 0) is 11.2 Å². The van der Waals surface area contributed by atoms with Gasteiger partial charge in [-0.3, -0.25) is 9.69 Å². The van der Waals surface area contributed by atoms with Crippen LogP contribution in [0.3, 0.4) is 0 Å². The molecule has 1 saturated heterocycles. The molecule has 1 amide bonds. The SMILES string of the molecule is NC(Cc1ccc(Cl)cc1Cl)C(=O)N1CCN(C(c2ccc(F)cc2)c2ccc(F)cc2)CC1. The summed E-state index contributed by atoms with van der Waals surface area (Å²) in [6.45, 7) is 2.19. The van der Waals surface area contributed by atoms with Crippen molar-refractivity contribution in [1.82, 2.24) is 9.80 Å². The summed E-state index contributed by atoms with van der Waals surface area (Å²) in [5.41, 5.74) is 8.81. The molecule has 1 atom stereocenters. The zero-order chi connectivity index (χ0) is 24.2. The highest BCUT2D eigenvalue weighted by Crippen LogP contribution is 2.30. The Kier molecular flexibility index (Phi) is 7.84. The monoisotopic (exact) mass is 503 g/mol. The molecule has 0 radical (unpaired) electrons. The van der Waals surface area contributed by atoms with Gasteiger partial charge in [-0.15, -0.1) is 0 Å². The Balaban J connectivity index is 1.45. The van der Waals surface area contributed by atoms with Gasteiger partial charge >= 0.3 is 0 Å². The second-order valence-electron chi connectivity index (χ2n) is 8.41. The van der Waals surface area contributed by atoms with Crippen molar-refractivity contribution < 1.29 is 13.6 Å². The predicted molar refractivity (Wildman–Crippen MR) is 131 cm³/mol. The van der Waals surface area contributed by atoms with E-state index in [4.69, 9.17) is 28.9 Å². The molecule has 34 heavy (non-hydrogen) atoms. The lowest BCUT2D eigenvalue weighted by Gasteiger charge is -2.40. The van der Waals surface area contributed by atoms with E-state index < -0.39 is 6.04 Å². The van der Waals surface area contributed by atoms with Crippen molar-refractivity contribution in [1.29, 1.82) is 0 Å². The molecule has 2 N–H and O–H groups in total. The predicted octanol–water partition coefficient (Wildman–Crippen LogP) is 5.08. The first kappa shape index (κ1) is 24.6. The number of rotatable bonds is 6. The standard InChI is InChI=1S/C26H25Cl2F2N3O/c27-20-6-1-19(23(28)16-20)15-24(31)26(34)33-13-11-32(12-14-33)25(17-2-7-21(29)8-3-17)18-4-9-22(30)10-5-18/h1-10,16,24-25H,11-15,31H2. The summed E-state index contributed by atoms with van der Waals surface area (Å²) in [4.78, 5) is 17.0. The molecule has 1 heterocycles. The number of halogens is 4. The number of hydrogen-bond donors (Lipinski definition) is 1. The van der Waals surface area contributed by atoms with E-state index in [0.717, 1.165) is 16.7 Å². The highest BCUT2D eigenvalue weighted by molar-refractivity contribution is 6.35. The molecule has 0 bridgehead atoms. The molecule has 0 aromatic heterocycles. The molecule has 0 saturated carbocycles. The van der Waals surface area contributed by atoms with Crippen molar-refractivity contribution in [3.8, 4) is 0 Å². The van der Waals surface area contributed by atoms with Gasteiger partial charge in [-0.2, -0.15) is 0 Å². The number of piperazine rings is 1. The van der Waals surface area contributed by atoms with Crippen molar-refractivity contribution in [3.05, 3.63) is 105 Å². The van der Waals surface area contributed by atoms with Gasteiger partial charge in [0.2, 0.25) is 5.91 Å². The maximum Gasteiger partial charge on any atom is 0.239 e. The highest BCUT2D eigenvalue weighted by Gasteiger charge is 2.30. The minimum atomic E-state index is -0.713. The van der Waals surface area contributed by atoms with Gasteiger partial charge in [-0.25, -0.2) is 8.78 Å². The van der Waals surface area contributed by atoms with E-state index in [9.17, 15) is 13.6 Å². The highest BCUT2D eigenvalue weighted by atomic mass is 35.5. The molecule has 3 aromatic rings. The van der Waals surface area contributed by atoms with Gasteiger partial charge in [-0.05, 0) is 59.5 Å². The first-order chi connectivity index (χ1) is 16.3. The van der Waals surface area contributed by atoms with Crippen molar-refractivity contribution >= 4 is 29.1 Å². The minimum Gasteiger partial charge on any atom is -0.339 e. The summed E-state index contributed by atoms with van der Waals surface area (Å²) in [5, 5.41) is 1.02. The molecule has 4 rings (SSSR count). The third-order valence-electron chi connectivity index (χ3n) is 6.13. The average molecular weight is 504 g/mol. The van der Waals surface area contributed by atoms with E-state index in [-0.39, 0.29) is 23.6 Å². The van der Waals surface area contributed by atoms with E-state index in [2.05, 4.69) is 4.90 Å². The molecular formula is C26H25Cl2F2N3O. The summed E-state index contributed by atoms with van der Waals surface area (Å²) in [5.74, 6) is -0.760. The number of hydrogen-bond acceptors (Lipinski definition) is 3. The molecule has 0 aliphatic carbocycles. The Labute approximate surface area is 207 Å². The first-order valence-corrected chi connectivity index (χ1v) is 11.8. The fourth-order valence-electron chi connectivity index (χ4n) is 4.35. The molecule has 1 fully saturated rings. The maximum atomic E-state index is 13.5. The number of carbonyl (C=O) groups is 1. The number of amides is 1. The van der Waals surface area contributed by atoms with Crippen molar-refractivity contribution in [2.24, 2.45) is 5.73 Å². The summed E-state index contributed by atoms with van der Waals surface area (Å²) in [7, 11) is 0. The summed E-state index contributed by atoms with van der Waals surface area (Å²) in [6.07, 6.45) is 0.322. The Hall–Kier alpha value is -2.51. The lowest BCUT2D eigenvalue weighted by molar-refractivity contribution is -0.134. The quantitative estimate of drug-likeness (QED) is 0.510. The zero-order valence-electron chi connectivity index (χ0n) is 18.4. The second kappa shape index (κ2) is 10.8. The van der Waals surface area contributed by atoms with Gasteiger partial charge in [0.25, 0.3) is 0 Å². The van der Waals surface area contributed by atoms with Crippen LogP contribution in [0.1, 0.15) is 22.7 Å². The fourth-order valence-corrected chi connectivity index (χ4v) is 4.84. The Bertz CT molecular complexity index is 1090. The maximum absolute atomic E-state index is 13.5. The second-order valence-corrected chi connectivity index (χ2v) is 9.26. The zero-order valence-corrected chi connectivity index (χ0v) is 19.9. The van der Waals surface area contributed by atoms with Crippen LogP contribution in [0.25, 0.3) is 0 Å². The molecule has 3 aromatic carbocycles. The van der Waals surface area contributed by atoms with Crippen molar-refractivity contribution in [3.63, 3.8) is 0 Å². The molecule has 1 aliphatic rings. The van der Waals surface area contributed by atoms with Gasteiger partial charge in [0.15, 0.2) is 0 Å². The topological polar surface area (TPSA) is 49.6 Å². The minimum absolute atomic E-state index is 0.134. The van der Waals surface area contributed by atoms with Gasteiger partial charge < -0.3 is 10.6 Å². The lowest BCUT2D eigenvalue weighted by Crippen LogP contribution is -2.54. The Morgan fingerprint density at radius 3 is 1.88 bits per heavy atom. The Morgan fingerprint density at radius 1 is 0.853 bits per heavy atom. The van der Waals surface area contributed by atoms with E-state index in [1.165, 1.54) is 24.3 Å². The van der Waals surface area contributed by atoms with Gasteiger partial charge in [0.05, 0.1) is 12.1 Å². The largest absolute Gasteiger partial charge is 0.339 e. The van der Waals surface area contributed by atoms with E-state index in [0.29, 0.717) is 42.6 Å². The van der Waals surface area contributed by atoms with Crippen LogP contribution in [0.2, 0.25) is 10.0 Å². The molecule has 4 nitrogen and oxygen atoms in total. The normalized spacial score (nSPS) is 15.5. The van der Waals surface area contributed by atoms with Gasteiger partial charge in [-0.1, -0.05) is 53.5 Å². The van der Waals surface area contributed by atoms with Crippen molar-refractivity contribution in [2.75, 3.05) is 26.2 Å². The molecule has 0 spiro atoms. The van der Waals surface area contributed by atoms with E-state index in [1.54, 1.807) is 47.4 Å². The fraction of sp³-hybridized carbons (Fsp3) is 0.269. The van der Waals surface area contributed by atoms with Gasteiger partial charge in [0, 0.05) is 36.2 Å². The number of carbonyl (C=O) groups excluding carboxylic acids is 1. The van der Waals surface area contributed by atoms with Crippen LogP contribution in [0.5, 0.6) is 0 Å². The lowest BCUT2D eigenvalue weighted by atomic mass is 9.96. The number of benzene rings is 3. The van der Waals surface area contributed by atoms with Crippen LogP contribution < -0.4 is 5.73 Å². The van der Waals surface area contributed by atoms with Crippen LogP contribution >= 0.6 is 23.2 Å². The van der Waals surface area contributed by atoms with Crippen LogP contribution in [0.15, 0.2) is 66.7 Å². The van der Waals surface area contributed by atoms with E-state index in [1.807, 2.05) is 0 Å². The number of nitrogens with two attached hydrogens (primary N) is 1. The van der Waals surface area contributed by atoms with E-state index >= 15 is 0 Å². The van der Waals surface area contributed by atoms with Crippen LogP contribution in [0, 0.1) is 11.6 Å². The van der Waals surface area contributed by atoms with Crippen molar-refractivity contribution in [2.45, 2.75) is 18.5 Å². The molecular weight excluding hydrogens is 479 g/mol. The average Bonchev–Trinajstić information content (AvgIpc) is 2.83. The molecule has 178 valence electrons. The first-order valence-electron chi connectivity index (χ1n) is 11.0. The molecule has 1 aliphatic heterocycles. The third-order valence-corrected chi connectivity index (χ3v) is 6.72. The smallest absolute Gasteiger partial charge is 0.239 e. The molecule has 1 unspecified atom stereocenters. The Morgan fingerprint density at radius 2 is 1.38 bits per heavy atom. The van der Waals surface area contributed by atoms with Gasteiger partial charge in [0.1, 0.15) is 11.6 Å². The summed E-state index contributed by atoms with van der Waals surface area (Å²) < 4.78 is 27.1. The van der Waals surface area contributed by atoms with Crippen LogP contribution in [0.4, 0.5) is 8.78 Å². The van der Waals surface area contributed by atoms with Crippen LogP contribution in [-0.4, -0.2) is 47.9 Å². The summed E-state index contributed by atoms with van der Waals surface area (Å²) >= 11 is 12.2. The molecule has 8 heteroatoms. The third kappa shape index (κ3) is 5.76. The number of nitrogens with zero attached hydrogens (tertiary/aromatic N) is 2. The summed E-state index contributed by atoms with van der Waals surface area (Å²) in [6, 6.07) is 16.9.